The lowest BCUT2D eigenvalue weighted by atomic mass is 10.1. The first kappa shape index (κ1) is 21.2. The standard InChI is InChI=1S/C25H16BrClN4O2/c26-18-10-11-22(21(27)13-18)29-28-14-17-15-31(19-7-2-1-3-8-19)30-24(17)20-12-16-6-4-5-9-23(16)33-25(20)32/h1-15,29H/b28-14+. The van der Waals surface area contributed by atoms with Crippen LogP contribution in [0, 0.1) is 0 Å². The summed E-state index contributed by atoms with van der Waals surface area (Å²) in [4.78, 5) is 12.8. The summed E-state index contributed by atoms with van der Waals surface area (Å²) in [6, 6.07) is 24.2. The van der Waals surface area contributed by atoms with Crippen LogP contribution in [-0.4, -0.2) is 16.0 Å². The van der Waals surface area contributed by atoms with E-state index >= 15 is 0 Å². The van der Waals surface area contributed by atoms with E-state index in [4.69, 9.17) is 16.0 Å². The fraction of sp³-hybridized carbons (Fsp3) is 0. The number of hydrogen-bond acceptors (Lipinski definition) is 5. The van der Waals surface area contributed by atoms with Gasteiger partial charge in [0.25, 0.3) is 0 Å². The Balaban J connectivity index is 1.59. The summed E-state index contributed by atoms with van der Waals surface area (Å²) in [6.07, 6.45) is 3.42. The van der Waals surface area contributed by atoms with Crippen molar-refractivity contribution in [1.29, 1.82) is 0 Å². The second-order valence-corrected chi connectivity index (χ2v) is 8.52. The first-order valence-electron chi connectivity index (χ1n) is 10.0. The van der Waals surface area contributed by atoms with Crippen LogP contribution in [0.1, 0.15) is 5.56 Å². The van der Waals surface area contributed by atoms with Crippen LogP contribution < -0.4 is 11.1 Å². The van der Waals surface area contributed by atoms with E-state index < -0.39 is 5.63 Å². The fourth-order valence-electron chi connectivity index (χ4n) is 3.38. The molecule has 8 heteroatoms. The van der Waals surface area contributed by atoms with E-state index in [0.29, 0.717) is 33.1 Å². The lowest BCUT2D eigenvalue weighted by Crippen LogP contribution is -2.05. The van der Waals surface area contributed by atoms with Gasteiger partial charge in [0, 0.05) is 21.6 Å². The lowest BCUT2D eigenvalue weighted by Gasteiger charge is -2.03. The Hall–Kier alpha value is -3.68. The molecule has 2 aromatic heterocycles. The summed E-state index contributed by atoms with van der Waals surface area (Å²) < 4.78 is 8.11. The summed E-state index contributed by atoms with van der Waals surface area (Å²) in [5, 5.41) is 10.3. The molecule has 5 rings (SSSR count). The van der Waals surface area contributed by atoms with Crippen molar-refractivity contribution in [2.75, 3.05) is 5.43 Å². The second kappa shape index (κ2) is 9.05. The molecule has 0 saturated carbocycles. The summed E-state index contributed by atoms with van der Waals surface area (Å²) in [5.74, 6) is 0. The molecule has 0 spiro atoms. The highest BCUT2D eigenvalue weighted by Crippen LogP contribution is 2.26. The van der Waals surface area contributed by atoms with E-state index in [9.17, 15) is 4.79 Å². The summed E-state index contributed by atoms with van der Waals surface area (Å²) in [6.45, 7) is 0. The highest BCUT2D eigenvalue weighted by Gasteiger charge is 2.16. The highest BCUT2D eigenvalue weighted by atomic mass is 79.9. The van der Waals surface area contributed by atoms with Crippen LogP contribution in [0.5, 0.6) is 0 Å². The molecule has 5 aromatic rings. The molecule has 162 valence electrons. The topological polar surface area (TPSA) is 72.4 Å². The Bertz CT molecular complexity index is 1540. The van der Waals surface area contributed by atoms with Crippen molar-refractivity contribution in [1.82, 2.24) is 9.78 Å². The maximum atomic E-state index is 12.8. The minimum atomic E-state index is -0.467. The minimum Gasteiger partial charge on any atom is -0.422 e. The quantitative estimate of drug-likeness (QED) is 0.163. The molecule has 1 N–H and O–H groups in total. The van der Waals surface area contributed by atoms with Gasteiger partial charge in [-0.15, -0.1) is 0 Å². The smallest absolute Gasteiger partial charge is 0.345 e. The van der Waals surface area contributed by atoms with E-state index in [-0.39, 0.29) is 0 Å². The first-order chi connectivity index (χ1) is 16.1. The fourth-order valence-corrected chi connectivity index (χ4v) is 4.10. The monoisotopic (exact) mass is 518 g/mol. The van der Waals surface area contributed by atoms with E-state index in [1.807, 2.05) is 66.9 Å². The van der Waals surface area contributed by atoms with Crippen molar-refractivity contribution in [2.24, 2.45) is 5.10 Å². The summed E-state index contributed by atoms with van der Waals surface area (Å²) in [5.41, 5.74) is 5.96. The molecule has 0 aliphatic rings. The molecule has 33 heavy (non-hydrogen) atoms. The van der Waals surface area contributed by atoms with Gasteiger partial charge in [-0.25, -0.2) is 9.48 Å². The van der Waals surface area contributed by atoms with Gasteiger partial charge in [0.2, 0.25) is 0 Å². The highest BCUT2D eigenvalue weighted by molar-refractivity contribution is 9.10. The van der Waals surface area contributed by atoms with E-state index in [2.05, 4.69) is 31.6 Å². The van der Waals surface area contributed by atoms with Crippen molar-refractivity contribution in [2.45, 2.75) is 0 Å². The molecule has 6 nitrogen and oxygen atoms in total. The predicted molar refractivity (Wildman–Crippen MR) is 135 cm³/mol. The largest absolute Gasteiger partial charge is 0.422 e. The minimum absolute atomic E-state index is 0.353. The zero-order valence-electron chi connectivity index (χ0n) is 17.1. The predicted octanol–water partition coefficient (Wildman–Crippen LogP) is 6.51. The second-order valence-electron chi connectivity index (χ2n) is 7.19. The number of hydrazone groups is 1. The van der Waals surface area contributed by atoms with Crippen LogP contribution in [0.4, 0.5) is 5.69 Å². The molecule has 0 radical (unpaired) electrons. The molecule has 0 fully saturated rings. The van der Waals surface area contributed by atoms with E-state index in [0.717, 1.165) is 15.5 Å². The Labute approximate surface area is 202 Å². The van der Waals surface area contributed by atoms with Gasteiger partial charge in [-0.05, 0) is 42.5 Å². The zero-order chi connectivity index (χ0) is 22.8. The number of para-hydroxylation sites is 2. The van der Waals surface area contributed by atoms with Gasteiger partial charge in [0.1, 0.15) is 11.3 Å². The van der Waals surface area contributed by atoms with E-state index in [1.165, 1.54) is 0 Å². The van der Waals surface area contributed by atoms with Crippen molar-refractivity contribution in [3.8, 4) is 16.9 Å². The molecular weight excluding hydrogens is 504 g/mol. The van der Waals surface area contributed by atoms with Crippen LogP contribution >= 0.6 is 27.5 Å². The van der Waals surface area contributed by atoms with Crippen LogP contribution in [0.2, 0.25) is 5.02 Å². The number of anilines is 1. The molecule has 0 atom stereocenters. The first-order valence-corrected chi connectivity index (χ1v) is 11.2. The third kappa shape index (κ3) is 4.46. The Morgan fingerprint density at radius 2 is 1.82 bits per heavy atom. The molecule has 0 bridgehead atoms. The SMILES string of the molecule is O=c1oc2ccccc2cc1-c1nn(-c2ccccc2)cc1/C=N/Nc1ccc(Br)cc1Cl. The number of aromatic nitrogens is 2. The molecule has 0 unspecified atom stereocenters. The van der Waals surface area contributed by atoms with Gasteiger partial charge in [0.15, 0.2) is 0 Å². The molecule has 0 aliphatic heterocycles. The van der Waals surface area contributed by atoms with Crippen LogP contribution in [-0.2, 0) is 0 Å². The van der Waals surface area contributed by atoms with Crippen molar-refractivity contribution >= 4 is 50.4 Å². The average molecular weight is 520 g/mol. The molecule has 2 heterocycles. The maximum Gasteiger partial charge on any atom is 0.345 e. The third-order valence-corrected chi connectivity index (χ3v) is 5.79. The number of rotatable bonds is 5. The number of fused-ring (bicyclic) bond motifs is 1. The Morgan fingerprint density at radius 1 is 1.03 bits per heavy atom. The summed E-state index contributed by atoms with van der Waals surface area (Å²) in [7, 11) is 0. The van der Waals surface area contributed by atoms with E-state index in [1.54, 1.807) is 29.1 Å². The zero-order valence-corrected chi connectivity index (χ0v) is 19.4. The molecular formula is C25H16BrClN4O2. The molecule has 3 aromatic carbocycles. The molecule has 0 aliphatic carbocycles. The van der Waals surface area contributed by atoms with Gasteiger partial charge in [-0.2, -0.15) is 10.2 Å². The Kier molecular flexibility index (Phi) is 5.81. The lowest BCUT2D eigenvalue weighted by molar-refractivity contribution is 0.563. The van der Waals surface area contributed by atoms with Crippen LogP contribution in [0.3, 0.4) is 0 Å². The van der Waals surface area contributed by atoms with Crippen molar-refractivity contribution in [3.63, 3.8) is 0 Å². The van der Waals surface area contributed by atoms with Gasteiger partial charge in [0.05, 0.1) is 28.2 Å². The van der Waals surface area contributed by atoms with Gasteiger partial charge >= 0.3 is 5.63 Å². The van der Waals surface area contributed by atoms with Crippen molar-refractivity contribution < 1.29 is 4.42 Å². The van der Waals surface area contributed by atoms with Gasteiger partial charge < -0.3 is 4.42 Å². The Morgan fingerprint density at radius 3 is 2.64 bits per heavy atom. The number of halogens is 2. The number of nitrogens with one attached hydrogen (secondary N) is 1. The number of hydrogen-bond donors (Lipinski definition) is 1. The van der Waals surface area contributed by atoms with Crippen LogP contribution in [0.15, 0.2) is 104 Å². The van der Waals surface area contributed by atoms with Gasteiger partial charge in [-0.3, -0.25) is 5.43 Å². The van der Waals surface area contributed by atoms with Gasteiger partial charge in [-0.1, -0.05) is 63.9 Å². The number of nitrogens with zero attached hydrogens (tertiary/aromatic N) is 3. The van der Waals surface area contributed by atoms with Crippen LogP contribution in [0.25, 0.3) is 27.9 Å². The average Bonchev–Trinajstić information content (AvgIpc) is 3.24. The summed E-state index contributed by atoms with van der Waals surface area (Å²) >= 11 is 9.65. The normalized spacial score (nSPS) is 11.3. The molecule has 0 amide bonds. The van der Waals surface area contributed by atoms with Crippen molar-refractivity contribution in [3.05, 3.63) is 111 Å². The molecule has 0 saturated heterocycles. The maximum absolute atomic E-state index is 12.8. The number of benzene rings is 3. The third-order valence-electron chi connectivity index (χ3n) is 4.98.